The van der Waals surface area contributed by atoms with Gasteiger partial charge in [0.15, 0.2) is 0 Å². The molecule has 1 saturated heterocycles. The number of hydrogen-bond acceptors (Lipinski definition) is 7. The maximum absolute atomic E-state index is 13.8. The Bertz CT molecular complexity index is 1550. The van der Waals surface area contributed by atoms with E-state index >= 15 is 0 Å². The Balaban J connectivity index is 1.38. The van der Waals surface area contributed by atoms with Crippen molar-refractivity contribution in [3.8, 4) is 11.8 Å². The van der Waals surface area contributed by atoms with Crippen molar-refractivity contribution in [2.75, 3.05) is 13.7 Å². The zero-order chi connectivity index (χ0) is 30.9. The van der Waals surface area contributed by atoms with Crippen molar-refractivity contribution in [3.05, 3.63) is 47.4 Å². The largest absolute Gasteiger partial charge is 0.496 e. The Morgan fingerprint density at radius 2 is 2.07 bits per heavy atom. The third-order valence-electron chi connectivity index (χ3n) is 8.59. The van der Waals surface area contributed by atoms with Crippen molar-refractivity contribution < 1.29 is 19.1 Å². The minimum absolute atomic E-state index is 0.0210. The van der Waals surface area contributed by atoms with Crippen LogP contribution in [0.4, 0.5) is 0 Å². The minimum atomic E-state index is -0.855. The fourth-order valence-electron chi connectivity index (χ4n) is 6.15. The molecule has 2 aliphatic heterocycles. The molecule has 4 bridgehead atoms. The van der Waals surface area contributed by atoms with Crippen molar-refractivity contribution in [1.82, 2.24) is 36.0 Å². The number of amides is 3. The van der Waals surface area contributed by atoms with Crippen molar-refractivity contribution in [1.29, 1.82) is 5.26 Å². The quantitative estimate of drug-likeness (QED) is 0.283. The predicted octanol–water partition coefficient (Wildman–Crippen LogP) is 2.70. The summed E-state index contributed by atoms with van der Waals surface area (Å²) < 4.78 is 5.42. The summed E-state index contributed by atoms with van der Waals surface area (Å²) in [6, 6.07) is 9.09. The third-order valence-corrected chi connectivity index (χ3v) is 8.59. The van der Waals surface area contributed by atoms with Crippen LogP contribution in [-0.2, 0) is 21.7 Å². The average molecular weight is 589 g/mol. The Kier molecular flexibility index (Phi) is 8.46. The van der Waals surface area contributed by atoms with E-state index in [2.05, 4.69) is 37.2 Å². The van der Waals surface area contributed by atoms with E-state index < -0.39 is 35.5 Å². The minimum Gasteiger partial charge on any atom is -0.496 e. The van der Waals surface area contributed by atoms with Gasteiger partial charge in [-0.3, -0.25) is 24.8 Å². The van der Waals surface area contributed by atoms with Gasteiger partial charge < -0.3 is 25.3 Å². The van der Waals surface area contributed by atoms with Crippen LogP contribution >= 0.6 is 0 Å². The van der Waals surface area contributed by atoms with Gasteiger partial charge >= 0.3 is 0 Å². The molecule has 5 N–H and O–H groups in total. The van der Waals surface area contributed by atoms with Crippen molar-refractivity contribution >= 4 is 28.6 Å². The number of hydrogen-bond donors (Lipinski definition) is 5. The van der Waals surface area contributed by atoms with Crippen LogP contribution in [0.25, 0.3) is 10.9 Å². The summed E-state index contributed by atoms with van der Waals surface area (Å²) in [4.78, 5) is 45.7. The highest BCUT2D eigenvalue weighted by atomic mass is 16.5. The van der Waals surface area contributed by atoms with Gasteiger partial charge in [0, 0.05) is 35.6 Å². The van der Waals surface area contributed by atoms with E-state index in [1.165, 1.54) is 0 Å². The Labute approximate surface area is 250 Å². The highest BCUT2D eigenvalue weighted by Gasteiger charge is 2.44. The molecule has 0 spiro atoms. The molecular weight excluding hydrogens is 548 g/mol. The number of rotatable bonds is 7. The maximum Gasteiger partial charge on any atom is 0.268 e. The van der Waals surface area contributed by atoms with E-state index in [-0.39, 0.29) is 17.7 Å². The summed E-state index contributed by atoms with van der Waals surface area (Å²) >= 11 is 0. The van der Waals surface area contributed by atoms with Gasteiger partial charge in [0.05, 0.1) is 30.5 Å². The molecule has 12 heteroatoms. The lowest BCUT2D eigenvalue weighted by Gasteiger charge is -2.35. The molecule has 1 aromatic carbocycles. The fourth-order valence-corrected chi connectivity index (χ4v) is 6.15. The Hall–Kier alpha value is -4.37. The number of aromatic nitrogens is 3. The van der Waals surface area contributed by atoms with Gasteiger partial charge in [0.2, 0.25) is 11.8 Å². The third kappa shape index (κ3) is 6.08. The topological polar surface area (TPSA) is 168 Å². The Morgan fingerprint density at radius 3 is 2.79 bits per heavy atom. The van der Waals surface area contributed by atoms with Crippen molar-refractivity contribution in [2.45, 2.75) is 77.2 Å². The molecule has 43 heavy (non-hydrogen) atoms. The number of nitriles is 1. The zero-order valence-corrected chi connectivity index (χ0v) is 25.3. The van der Waals surface area contributed by atoms with Gasteiger partial charge in [-0.15, -0.1) is 0 Å². The first kappa shape index (κ1) is 30.1. The number of fused-ring (bicyclic) bond motifs is 5. The van der Waals surface area contributed by atoms with Crippen LogP contribution < -0.4 is 20.7 Å². The molecule has 0 aliphatic carbocycles. The number of methoxy groups -OCH3 is 1. The Morgan fingerprint density at radius 1 is 1.28 bits per heavy atom. The van der Waals surface area contributed by atoms with E-state index in [1.807, 2.05) is 56.9 Å². The highest BCUT2D eigenvalue weighted by Crippen LogP contribution is 2.35. The predicted molar refractivity (Wildman–Crippen MR) is 160 cm³/mol. The lowest BCUT2D eigenvalue weighted by molar-refractivity contribution is -0.136. The first-order chi connectivity index (χ1) is 20.5. The molecule has 2 aliphatic rings. The second kappa shape index (κ2) is 12.1. The van der Waals surface area contributed by atoms with Gasteiger partial charge in [-0.1, -0.05) is 19.9 Å². The fraction of sp³-hybridized carbons (Fsp3) is 0.516. The summed E-state index contributed by atoms with van der Waals surface area (Å²) in [6.07, 6.45) is 1.30. The van der Waals surface area contributed by atoms with Gasteiger partial charge in [0.25, 0.3) is 5.91 Å². The van der Waals surface area contributed by atoms with Crippen LogP contribution in [0, 0.1) is 23.2 Å². The van der Waals surface area contributed by atoms with Crippen LogP contribution in [0.5, 0.6) is 5.75 Å². The van der Waals surface area contributed by atoms with Crippen molar-refractivity contribution in [2.24, 2.45) is 11.8 Å². The molecule has 0 radical (unpaired) electrons. The molecule has 12 nitrogen and oxygen atoms in total. The molecule has 5 rings (SSSR count). The second-order valence-corrected chi connectivity index (χ2v) is 12.4. The molecule has 228 valence electrons. The van der Waals surface area contributed by atoms with Crippen LogP contribution in [0.1, 0.15) is 68.8 Å². The number of ether oxygens (including phenoxy) is 1. The smallest absolute Gasteiger partial charge is 0.268 e. The molecule has 3 aromatic rings. The summed E-state index contributed by atoms with van der Waals surface area (Å²) in [5.41, 5.74) is 1.98. The normalized spacial score (nSPS) is 22.4. The monoisotopic (exact) mass is 588 g/mol. The molecule has 4 heterocycles. The lowest BCUT2D eigenvalue weighted by Crippen LogP contribution is -2.56. The average Bonchev–Trinajstić information content (AvgIpc) is 3.71. The van der Waals surface area contributed by atoms with Crippen molar-refractivity contribution in [3.63, 3.8) is 0 Å². The summed E-state index contributed by atoms with van der Waals surface area (Å²) in [6.45, 7) is 8.80. The van der Waals surface area contributed by atoms with Gasteiger partial charge in [-0.25, -0.2) is 0 Å². The summed E-state index contributed by atoms with van der Waals surface area (Å²) in [5.74, 6) is -0.474. The molecule has 4 unspecified atom stereocenters. The van der Waals surface area contributed by atoms with E-state index in [0.717, 1.165) is 22.3 Å². The number of aromatic amines is 2. The number of H-pyrrole nitrogens is 2. The maximum atomic E-state index is 13.8. The molecule has 2 aromatic heterocycles. The molecule has 1 fully saturated rings. The molecular formula is C31H40N8O4. The number of benzene rings is 1. The zero-order valence-electron chi connectivity index (χ0n) is 25.3. The number of nitrogens with one attached hydrogen (secondary N) is 5. The van der Waals surface area contributed by atoms with E-state index in [9.17, 15) is 19.6 Å². The van der Waals surface area contributed by atoms with Crippen LogP contribution in [0.2, 0.25) is 0 Å². The van der Waals surface area contributed by atoms with Gasteiger partial charge in [-0.2, -0.15) is 10.4 Å². The van der Waals surface area contributed by atoms with E-state index in [0.29, 0.717) is 43.8 Å². The summed E-state index contributed by atoms with van der Waals surface area (Å²) in [7, 11) is 1.57. The van der Waals surface area contributed by atoms with Gasteiger partial charge in [0.1, 0.15) is 23.5 Å². The van der Waals surface area contributed by atoms with Gasteiger partial charge in [-0.05, 0) is 63.3 Å². The number of nitrogens with zero attached hydrogens (tertiary/aromatic N) is 3. The lowest BCUT2D eigenvalue weighted by atomic mass is 9.92. The highest BCUT2D eigenvalue weighted by molar-refractivity contribution is 6.01. The standard InChI is InChI=1S/C31H40N8O4/c1-17(2)11-23(36-29(41)24-14-20-21(34-24)7-6-8-26(20)43-5)28(40)35-22-12-18-9-10-39(30(18)42)31(3,4)27-13-19(37-38-27)16-33-25(22)15-32/h6-8,13-14,17-18,22-23,25,33-34H,9-12,16H2,1-5H3,(H,35,40)(H,36,41)(H,37,38). The molecule has 4 atom stereocenters. The SMILES string of the molecule is COc1cccc2[nH]c(C(=O)NC(CC(C)C)C(=O)NC3CC4CCN(C4=O)C(C)(C)c4cc([nH]n4)CNC3C#N)cc12. The van der Waals surface area contributed by atoms with Crippen LogP contribution in [-0.4, -0.2) is 69.6 Å². The van der Waals surface area contributed by atoms with E-state index in [4.69, 9.17) is 4.74 Å². The number of carbonyl (C=O) groups excluding carboxylic acids is 3. The second-order valence-electron chi connectivity index (χ2n) is 12.4. The van der Waals surface area contributed by atoms with Crippen LogP contribution in [0.3, 0.4) is 0 Å². The summed E-state index contributed by atoms with van der Waals surface area (Å²) in [5, 5.41) is 27.5. The molecule has 0 saturated carbocycles. The van der Waals surface area contributed by atoms with E-state index in [1.54, 1.807) is 13.2 Å². The first-order valence-corrected chi connectivity index (χ1v) is 14.8. The molecule has 3 amide bonds. The van der Waals surface area contributed by atoms with Crippen LogP contribution in [0.15, 0.2) is 30.3 Å². The number of carbonyl (C=O) groups is 3. The first-order valence-electron chi connectivity index (χ1n) is 14.8.